The van der Waals surface area contributed by atoms with Crippen LogP contribution in [0.1, 0.15) is 39.7 Å². The van der Waals surface area contributed by atoms with E-state index in [2.05, 4.69) is 17.4 Å². The number of nitrogens with one attached hydrogen (secondary N) is 1. The van der Waals surface area contributed by atoms with Gasteiger partial charge in [-0.15, -0.1) is 12.4 Å². The number of halogens is 1. The fraction of sp³-hybridized carbons (Fsp3) is 0.208. The van der Waals surface area contributed by atoms with Crippen LogP contribution in [-0.4, -0.2) is 29.3 Å². The Bertz CT molecular complexity index is 990. The molecule has 1 heterocycles. The predicted octanol–water partition coefficient (Wildman–Crippen LogP) is 5.04. The zero-order valence-corrected chi connectivity index (χ0v) is 16.7. The van der Waals surface area contributed by atoms with Gasteiger partial charge in [0, 0.05) is 12.5 Å². The summed E-state index contributed by atoms with van der Waals surface area (Å²) in [6, 6.07) is 22.9. The second-order valence-electron chi connectivity index (χ2n) is 7.27. The molecule has 3 aromatic rings. The summed E-state index contributed by atoms with van der Waals surface area (Å²) in [6.07, 6.45) is 0.930. The molecule has 0 aliphatic carbocycles. The molecule has 5 heteroatoms. The smallest absolute Gasteiger partial charge is 0.335 e. The van der Waals surface area contributed by atoms with Crippen molar-refractivity contribution in [3.05, 3.63) is 89.5 Å². The Morgan fingerprint density at radius 2 is 1.72 bits per heavy atom. The molecule has 0 amide bonds. The molecule has 3 N–H and O–H groups in total. The molecule has 0 bridgehead atoms. The van der Waals surface area contributed by atoms with Gasteiger partial charge in [-0.25, -0.2) is 4.79 Å². The van der Waals surface area contributed by atoms with Gasteiger partial charge < -0.3 is 15.5 Å². The molecule has 4 rings (SSSR count). The van der Waals surface area contributed by atoms with E-state index >= 15 is 0 Å². The van der Waals surface area contributed by atoms with E-state index in [-0.39, 0.29) is 30.0 Å². The van der Waals surface area contributed by atoms with Crippen LogP contribution in [0.25, 0.3) is 11.1 Å². The predicted molar refractivity (Wildman–Crippen MR) is 117 cm³/mol. The third-order valence-electron chi connectivity index (χ3n) is 5.56. The van der Waals surface area contributed by atoms with E-state index in [1.54, 1.807) is 12.1 Å². The Labute approximate surface area is 176 Å². The number of carbonyl (C=O) groups is 1. The summed E-state index contributed by atoms with van der Waals surface area (Å²) in [4.78, 5) is 11.6. The fourth-order valence-corrected chi connectivity index (χ4v) is 4.22. The van der Waals surface area contributed by atoms with Gasteiger partial charge in [0.25, 0.3) is 0 Å². The van der Waals surface area contributed by atoms with Gasteiger partial charge in [-0.2, -0.15) is 0 Å². The number of phenolic OH excluding ortho intramolecular Hbond substituents is 1. The quantitative estimate of drug-likeness (QED) is 0.564. The Hall–Kier alpha value is -2.82. The first kappa shape index (κ1) is 20.9. The molecule has 0 unspecified atom stereocenters. The molecule has 1 aliphatic rings. The van der Waals surface area contributed by atoms with E-state index in [1.165, 1.54) is 0 Å². The molecule has 1 saturated heterocycles. The van der Waals surface area contributed by atoms with Crippen LogP contribution in [0.4, 0.5) is 0 Å². The number of aromatic carboxylic acids is 1. The number of hydrogen-bond acceptors (Lipinski definition) is 3. The highest BCUT2D eigenvalue weighted by Crippen LogP contribution is 2.42. The minimum absolute atomic E-state index is 0. The van der Waals surface area contributed by atoms with Crippen LogP contribution in [0.5, 0.6) is 5.75 Å². The molecule has 0 saturated carbocycles. The molecule has 1 aliphatic heterocycles. The molecular formula is C24H24ClNO3. The summed E-state index contributed by atoms with van der Waals surface area (Å²) >= 11 is 0. The van der Waals surface area contributed by atoms with Gasteiger partial charge in [-0.05, 0) is 65.4 Å². The molecule has 150 valence electrons. The van der Waals surface area contributed by atoms with E-state index in [1.807, 2.05) is 48.5 Å². The van der Waals surface area contributed by atoms with Crippen LogP contribution in [0.15, 0.2) is 72.8 Å². The zero-order chi connectivity index (χ0) is 19.5. The lowest BCUT2D eigenvalue weighted by Gasteiger charge is -2.34. The second kappa shape index (κ2) is 9.12. The maximum absolute atomic E-state index is 11.6. The number of aromatic hydroxyl groups is 1. The van der Waals surface area contributed by atoms with Crippen molar-refractivity contribution in [1.29, 1.82) is 0 Å². The van der Waals surface area contributed by atoms with Crippen molar-refractivity contribution in [3.8, 4) is 16.9 Å². The van der Waals surface area contributed by atoms with Gasteiger partial charge in [-0.3, -0.25) is 0 Å². The van der Waals surface area contributed by atoms with E-state index in [4.69, 9.17) is 0 Å². The van der Waals surface area contributed by atoms with Gasteiger partial charge in [0.2, 0.25) is 0 Å². The summed E-state index contributed by atoms with van der Waals surface area (Å²) < 4.78 is 0. The Kier molecular flexibility index (Phi) is 6.57. The summed E-state index contributed by atoms with van der Waals surface area (Å²) in [6.45, 7) is 1.67. The number of rotatable bonds is 4. The Balaban J connectivity index is 0.00000240. The van der Waals surface area contributed by atoms with Crippen molar-refractivity contribution < 1.29 is 15.0 Å². The molecular weight excluding hydrogens is 386 g/mol. The van der Waals surface area contributed by atoms with Crippen molar-refractivity contribution in [1.82, 2.24) is 5.32 Å². The van der Waals surface area contributed by atoms with E-state index in [0.717, 1.165) is 41.8 Å². The molecule has 0 spiro atoms. The van der Waals surface area contributed by atoms with E-state index in [9.17, 15) is 15.0 Å². The van der Waals surface area contributed by atoms with Crippen LogP contribution in [0.3, 0.4) is 0 Å². The highest BCUT2D eigenvalue weighted by Gasteiger charge is 2.30. The molecule has 3 aromatic carbocycles. The lowest BCUT2D eigenvalue weighted by Crippen LogP contribution is -2.34. The van der Waals surface area contributed by atoms with Gasteiger partial charge in [0.15, 0.2) is 0 Å². The molecule has 0 radical (unpaired) electrons. The largest absolute Gasteiger partial charge is 0.508 e. The van der Waals surface area contributed by atoms with Crippen LogP contribution in [0.2, 0.25) is 0 Å². The van der Waals surface area contributed by atoms with Crippen LogP contribution in [-0.2, 0) is 0 Å². The number of phenols is 1. The normalized spacial score (nSPS) is 18.6. The number of carboxylic acid groups (broad SMARTS) is 1. The number of benzene rings is 3. The van der Waals surface area contributed by atoms with Crippen LogP contribution in [0, 0.1) is 0 Å². The fourth-order valence-electron chi connectivity index (χ4n) is 4.22. The summed E-state index contributed by atoms with van der Waals surface area (Å²) in [5.74, 6) is -0.333. The number of carboxylic acids is 1. The average Bonchev–Trinajstić information content (AvgIpc) is 2.74. The summed E-state index contributed by atoms with van der Waals surface area (Å²) in [5, 5.41) is 23.0. The first-order valence-corrected chi connectivity index (χ1v) is 9.56. The van der Waals surface area contributed by atoms with Crippen LogP contribution >= 0.6 is 12.4 Å². The van der Waals surface area contributed by atoms with Crippen molar-refractivity contribution >= 4 is 18.4 Å². The first-order valence-electron chi connectivity index (χ1n) is 9.56. The summed E-state index contributed by atoms with van der Waals surface area (Å²) in [5.41, 5.74) is 4.56. The van der Waals surface area contributed by atoms with Gasteiger partial charge in [0.1, 0.15) is 5.75 Å². The molecule has 2 atom stereocenters. The van der Waals surface area contributed by atoms with Crippen molar-refractivity contribution in [3.63, 3.8) is 0 Å². The van der Waals surface area contributed by atoms with Crippen molar-refractivity contribution in [2.24, 2.45) is 0 Å². The number of piperidine rings is 1. The molecule has 0 aromatic heterocycles. The highest BCUT2D eigenvalue weighted by atomic mass is 35.5. The summed E-state index contributed by atoms with van der Waals surface area (Å²) in [7, 11) is 0. The number of hydrogen-bond donors (Lipinski definition) is 3. The maximum atomic E-state index is 11.6. The van der Waals surface area contributed by atoms with E-state index in [0.29, 0.717) is 5.56 Å². The van der Waals surface area contributed by atoms with Crippen molar-refractivity contribution in [2.75, 3.05) is 13.1 Å². The standard InChI is InChI=1S/C24H23NO3.ClH/c26-19-8-4-7-17(13-19)21-11-12-25-15-23(21)22-14-18(24(27)28)9-10-20(22)16-5-2-1-3-6-16;/h1-10,13-14,21,23,25-26H,11-12,15H2,(H,27,28);1H/t21-,23+;/m0./s1. The Morgan fingerprint density at radius 1 is 0.931 bits per heavy atom. The van der Waals surface area contributed by atoms with E-state index < -0.39 is 5.97 Å². The first-order chi connectivity index (χ1) is 13.6. The maximum Gasteiger partial charge on any atom is 0.335 e. The van der Waals surface area contributed by atoms with Gasteiger partial charge in [0.05, 0.1) is 5.56 Å². The third-order valence-corrected chi connectivity index (χ3v) is 5.56. The lowest BCUT2D eigenvalue weighted by molar-refractivity contribution is 0.0696. The molecule has 4 nitrogen and oxygen atoms in total. The zero-order valence-electron chi connectivity index (χ0n) is 15.9. The third kappa shape index (κ3) is 4.44. The average molecular weight is 410 g/mol. The van der Waals surface area contributed by atoms with Crippen LogP contribution < -0.4 is 5.32 Å². The molecule has 1 fully saturated rings. The Morgan fingerprint density at radius 3 is 2.45 bits per heavy atom. The van der Waals surface area contributed by atoms with Crippen molar-refractivity contribution in [2.45, 2.75) is 18.3 Å². The second-order valence-corrected chi connectivity index (χ2v) is 7.27. The van der Waals surface area contributed by atoms with Gasteiger partial charge >= 0.3 is 5.97 Å². The minimum atomic E-state index is -0.918. The topological polar surface area (TPSA) is 69.6 Å². The SMILES string of the molecule is Cl.O=C(O)c1ccc(-c2ccccc2)c([C@@H]2CNCC[C@H]2c2cccc(O)c2)c1. The lowest BCUT2D eigenvalue weighted by atomic mass is 9.75. The molecule has 29 heavy (non-hydrogen) atoms. The van der Waals surface area contributed by atoms with Gasteiger partial charge in [-0.1, -0.05) is 48.5 Å². The monoisotopic (exact) mass is 409 g/mol. The highest BCUT2D eigenvalue weighted by molar-refractivity contribution is 5.89. The minimum Gasteiger partial charge on any atom is -0.508 e.